The molecule has 128 valence electrons. The molecule has 2 rings (SSSR count). The van der Waals surface area contributed by atoms with Gasteiger partial charge in [-0.25, -0.2) is 0 Å². The first-order valence-corrected chi connectivity index (χ1v) is 8.91. The minimum atomic E-state index is 0.385. The first kappa shape index (κ1) is 18.4. The van der Waals surface area contributed by atoms with Crippen molar-refractivity contribution in [1.82, 2.24) is 10.2 Å². The molecule has 0 aliphatic carbocycles. The maximum Gasteiger partial charge on any atom is 0.193 e. The van der Waals surface area contributed by atoms with Crippen LogP contribution < -0.4 is 5.32 Å². The largest absolute Gasteiger partial charge is 0.378 e. The Morgan fingerprint density at radius 1 is 1.30 bits per heavy atom. The number of hydrogen-bond acceptors (Lipinski definition) is 2. The van der Waals surface area contributed by atoms with Crippen molar-refractivity contribution in [3.63, 3.8) is 0 Å². The van der Waals surface area contributed by atoms with Crippen LogP contribution in [0.15, 0.2) is 23.2 Å². The highest BCUT2D eigenvalue weighted by molar-refractivity contribution is 6.35. The number of halogens is 2. The SMILES string of the molecule is CCOC1CCN(C(=NC)NCCc2c(Cl)cccc2Cl)CC1. The molecule has 0 atom stereocenters. The van der Waals surface area contributed by atoms with Gasteiger partial charge in [0.15, 0.2) is 5.96 Å². The normalized spacial score (nSPS) is 16.7. The van der Waals surface area contributed by atoms with Crippen LogP contribution in [-0.4, -0.2) is 50.3 Å². The van der Waals surface area contributed by atoms with Gasteiger partial charge < -0.3 is 15.0 Å². The fraction of sp³-hybridized carbons (Fsp3) is 0.588. The number of rotatable bonds is 5. The second-order valence-electron chi connectivity index (χ2n) is 5.57. The number of hydrogen-bond donors (Lipinski definition) is 1. The van der Waals surface area contributed by atoms with Gasteiger partial charge >= 0.3 is 0 Å². The molecular formula is C17H25Cl2N3O. The van der Waals surface area contributed by atoms with Crippen LogP contribution in [0.1, 0.15) is 25.3 Å². The minimum absolute atomic E-state index is 0.385. The molecule has 6 heteroatoms. The number of likely N-dealkylation sites (tertiary alicyclic amines) is 1. The standard InChI is InChI=1S/C17H25Cl2N3O/c1-3-23-13-8-11-22(12-9-13)17(20-2)21-10-7-14-15(18)5-4-6-16(14)19/h4-6,13H,3,7-12H2,1-2H3,(H,20,21). The number of guanidine groups is 1. The third kappa shape index (κ3) is 5.27. The summed E-state index contributed by atoms with van der Waals surface area (Å²) >= 11 is 12.4. The van der Waals surface area contributed by atoms with Gasteiger partial charge in [-0.05, 0) is 43.9 Å². The van der Waals surface area contributed by atoms with E-state index in [-0.39, 0.29) is 0 Å². The zero-order valence-electron chi connectivity index (χ0n) is 13.8. The number of aliphatic imine (C=N–C) groups is 1. The lowest BCUT2D eigenvalue weighted by Crippen LogP contribution is -2.47. The second-order valence-corrected chi connectivity index (χ2v) is 6.38. The van der Waals surface area contributed by atoms with Crippen LogP contribution in [0.4, 0.5) is 0 Å². The zero-order valence-corrected chi connectivity index (χ0v) is 15.3. The molecule has 0 aromatic heterocycles. The molecule has 23 heavy (non-hydrogen) atoms. The predicted octanol–water partition coefficient (Wildman–Crippen LogP) is 3.61. The summed E-state index contributed by atoms with van der Waals surface area (Å²) in [6.45, 7) is 5.53. The summed E-state index contributed by atoms with van der Waals surface area (Å²) in [6.07, 6.45) is 3.25. The molecule has 4 nitrogen and oxygen atoms in total. The van der Waals surface area contributed by atoms with Gasteiger partial charge in [0.25, 0.3) is 0 Å². The van der Waals surface area contributed by atoms with Crippen LogP contribution in [0.25, 0.3) is 0 Å². The molecule has 0 amide bonds. The Bertz CT molecular complexity index is 508. The van der Waals surface area contributed by atoms with Gasteiger partial charge in [-0.15, -0.1) is 0 Å². The Labute approximate surface area is 148 Å². The molecule has 0 radical (unpaired) electrons. The lowest BCUT2D eigenvalue weighted by molar-refractivity contribution is 0.0264. The average Bonchev–Trinajstić information content (AvgIpc) is 2.55. The maximum atomic E-state index is 6.21. The monoisotopic (exact) mass is 357 g/mol. The highest BCUT2D eigenvalue weighted by Crippen LogP contribution is 2.24. The molecule has 0 saturated carbocycles. The predicted molar refractivity (Wildman–Crippen MR) is 97.7 cm³/mol. The summed E-state index contributed by atoms with van der Waals surface area (Å²) in [5.74, 6) is 0.933. The van der Waals surface area contributed by atoms with Gasteiger partial charge in [0.05, 0.1) is 6.10 Å². The molecule has 0 unspecified atom stereocenters. The van der Waals surface area contributed by atoms with E-state index in [2.05, 4.69) is 15.2 Å². The highest BCUT2D eigenvalue weighted by Gasteiger charge is 2.21. The molecule has 1 fully saturated rings. The van der Waals surface area contributed by atoms with Gasteiger partial charge in [-0.2, -0.15) is 0 Å². The van der Waals surface area contributed by atoms with Crippen LogP contribution in [0.5, 0.6) is 0 Å². The van der Waals surface area contributed by atoms with Gasteiger partial charge in [0, 0.05) is 43.3 Å². The quantitative estimate of drug-likeness (QED) is 0.645. The molecular weight excluding hydrogens is 333 g/mol. The van der Waals surface area contributed by atoms with E-state index in [0.717, 1.165) is 57.0 Å². The number of benzene rings is 1. The number of nitrogens with one attached hydrogen (secondary N) is 1. The second kappa shape index (κ2) is 9.36. The van der Waals surface area contributed by atoms with E-state index in [4.69, 9.17) is 27.9 Å². The van der Waals surface area contributed by atoms with Crippen molar-refractivity contribution in [3.8, 4) is 0 Å². The molecule has 1 aromatic rings. The molecule has 1 aliphatic rings. The lowest BCUT2D eigenvalue weighted by Gasteiger charge is -2.34. The topological polar surface area (TPSA) is 36.9 Å². The van der Waals surface area contributed by atoms with Crippen LogP contribution in [0, 0.1) is 0 Å². The van der Waals surface area contributed by atoms with E-state index >= 15 is 0 Å². The van der Waals surface area contributed by atoms with E-state index in [9.17, 15) is 0 Å². The van der Waals surface area contributed by atoms with Crippen LogP contribution in [0.3, 0.4) is 0 Å². The molecule has 1 aromatic carbocycles. The molecule has 1 heterocycles. The van der Waals surface area contributed by atoms with E-state index in [1.54, 1.807) is 0 Å². The first-order valence-electron chi connectivity index (χ1n) is 8.15. The van der Waals surface area contributed by atoms with Gasteiger partial charge in [0.2, 0.25) is 0 Å². The summed E-state index contributed by atoms with van der Waals surface area (Å²) < 4.78 is 5.69. The Morgan fingerprint density at radius 2 is 1.96 bits per heavy atom. The molecule has 1 saturated heterocycles. The molecule has 1 aliphatic heterocycles. The van der Waals surface area contributed by atoms with Crippen molar-refractivity contribution < 1.29 is 4.74 Å². The molecule has 0 spiro atoms. The fourth-order valence-electron chi connectivity index (χ4n) is 2.87. The van der Waals surface area contributed by atoms with Crippen molar-refractivity contribution in [1.29, 1.82) is 0 Å². The van der Waals surface area contributed by atoms with Gasteiger partial charge in [-0.3, -0.25) is 4.99 Å². The summed E-state index contributed by atoms with van der Waals surface area (Å²) in [5.41, 5.74) is 0.980. The van der Waals surface area contributed by atoms with Crippen LogP contribution >= 0.6 is 23.2 Å². The van der Waals surface area contributed by atoms with Crippen molar-refractivity contribution in [2.24, 2.45) is 4.99 Å². The van der Waals surface area contributed by atoms with Crippen LogP contribution in [0.2, 0.25) is 10.0 Å². The van der Waals surface area contributed by atoms with Crippen LogP contribution in [-0.2, 0) is 11.2 Å². The third-order valence-corrected chi connectivity index (χ3v) is 4.78. The van der Waals surface area contributed by atoms with Crippen molar-refractivity contribution in [3.05, 3.63) is 33.8 Å². The summed E-state index contributed by atoms with van der Waals surface area (Å²) in [5, 5.41) is 4.84. The lowest BCUT2D eigenvalue weighted by atomic mass is 10.1. The first-order chi connectivity index (χ1) is 11.2. The van der Waals surface area contributed by atoms with E-state index < -0.39 is 0 Å². The number of piperidine rings is 1. The van der Waals surface area contributed by atoms with Gasteiger partial charge in [-0.1, -0.05) is 29.3 Å². The van der Waals surface area contributed by atoms with E-state index in [0.29, 0.717) is 16.1 Å². The summed E-state index contributed by atoms with van der Waals surface area (Å²) in [7, 11) is 1.82. The number of ether oxygens (including phenoxy) is 1. The molecule has 0 bridgehead atoms. The Kier molecular flexibility index (Phi) is 7.47. The smallest absolute Gasteiger partial charge is 0.193 e. The fourth-order valence-corrected chi connectivity index (χ4v) is 3.46. The average molecular weight is 358 g/mol. The number of nitrogens with zero attached hydrogens (tertiary/aromatic N) is 2. The molecule has 1 N–H and O–H groups in total. The van der Waals surface area contributed by atoms with E-state index in [1.165, 1.54) is 0 Å². The minimum Gasteiger partial charge on any atom is -0.378 e. The highest BCUT2D eigenvalue weighted by atomic mass is 35.5. The Hall–Kier alpha value is -0.970. The summed E-state index contributed by atoms with van der Waals surface area (Å²) in [4.78, 5) is 6.66. The van der Waals surface area contributed by atoms with Crippen molar-refractivity contribution in [2.75, 3.05) is 33.3 Å². The summed E-state index contributed by atoms with van der Waals surface area (Å²) in [6, 6.07) is 5.61. The van der Waals surface area contributed by atoms with Gasteiger partial charge in [0.1, 0.15) is 0 Å². The van der Waals surface area contributed by atoms with Crippen molar-refractivity contribution in [2.45, 2.75) is 32.3 Å². The van der Waals surface area contributed by atoms with E-state index in [1.807, 2.05) is 32.2 Å². The Morgan fingerprint density at radius 3 is 2.52 bits per heavy atom. The third-order valence-electron chi connectivity index (χ3n) is 4.08. The Balaban J connectivity index is 1.82. The van der Waals surface area contributed by atoms with Crippen molar-refractivity contribution >= 4 is 29.2 Å². The zero-order chi connectivity index (χ0) is 16.7. The maximum absolute atomic E-state index is 6.21.